The Labute approximate surface area is 182 Å². The SMILES string of the molecule is Cc1ccc(C23C[C@@H]4C[C@@H](CC(C(=O)CN5C(=O)c6ccccc6C5=O)(C4)C2)C3)cc1. The van der Waals surface area contributed by atoms with E-state index in [1.165, 1.54) is 22.4 Å². The highest BCUT2D eigenvalue weighted by Crippen LogP contribution is 2.66. The first-order valence-electron chi connectivity index (χ1n) is 11.4. The predicted molar refractivity (Wildman–Crippen MR) is 117 cm³/mol. The van der Waals surface area contributed by atoms with Crippen LogP contribution < -0.4 is 0 Å². The van der Waals surface area contributed by atoms with Crippen LogP contribution in [0, 0.1) is 24.2 Å². The number of nitrogens with zero attached hydrogens (tertiary/aromatic N) is 1. The highest BCUT2D eigenvalue weighted by molar-refractivity contribution is 6.22. The maximum absolute atomic E-state index is 13.8. The van der Waals surface area contributed by atoms with Gasteiger partial charge in [0.15, 0.2) is 5.78 Å². The first-order chi connectivity index (χ1) is 14.9. The average Bonchev–Trinajstić information content (AvgIpc) is 2.98. The summed E-state index contributed by atoms with van der Waals surface area (Å²) >= 11 is 0. The van der Waals surface area contributed by atoms with Gasteiger partial charge in [0, 0.05) is 5.41 Å². The fourth-order valence-electron chi connectivity index (χ4n) is 7.53. The second kappa shape index (κ2) is 6.38. The lowest BCUT2D eigenvalue weighted by Crippen LogP contribution is -2.58. The minimum Gasteiger partial charge on any atom is -0.297 e. The summed E-state index contributed by atoms with van der Waals surface area (Å²) in [4.78, 5) is 40.6. The van der Waals surface area contributed by atoms with Gasteiger partial charge >= 0.3 is 0 Å². The second-order valence-corrected chi connectivity index (χ2v) is 10.6. The summed E-state index contributed by atoms with van der Waals surface area (Å²) in [5.74, 6) is 0.564. The van der Waals surface area contributed by atoms with Crippen LogP contribution in [0.2, 0.25) is 0 Å². The van der Waals surface area contributed by atoms with E-state index in [0.717, 1.165) is 32.1 Å². The predicted octanol–water partition coefficient (Wildman–Crippen LogP) is 4.70. The average molecular weight is 414 g/mol. The number of rotatable bonds is 4. The molecule has 2 aromatic carbocycles. The molecule has 2 amide bonds. The van der Waals surface area contributed by atoms with Gasteiger partial charge in [-0.2, -0.15) is 0 Å². The van der Waals surface area contributed by atoms with Crippen LogP contribution >= 0.6 is 0 Å². The van der Waals surface area contributed by atoms with E-state index >= 15 is 0 Å². The Balaban J connectivity index is 1.31. The molecule has 0 saturated heterocycles. The number of Topliss-reactive ketones (excluding diaryl/α,β-unsaturated/α-hetero) is 1. The van der Waals surface area contributed by atoms with Crippen LogP contribution in [0.4, 0.5) is 0 Å². The Bertz CT molecular complexity index is 1070. The lowest BCUT2D eigenvalue weighted by molar-refractivity contribution is -0.147. The van der Waals surface area contributed by atoms with Gasteiger partial charge in [0.2, 0.25) is 0 Å². The molecule has 4 atom stereocenters. The summed E-state index contributed by atoms with van der Waals surface area (Å²) < 4.78 is 0. The van der Waals surface area contributed by atoms with Crippen LogP contribution in [0.1, 0.15) is 70.4 Å². The van der Waals surface area contributed by atoms with E-state index in [1.54, 1.807) is 24.3 Å². The fraction of sp³-hybridized carbons (Fsp3) is 0.444. The van der Waals surface area contributed by atoms with Crippen molar-refractivity contribution < 1.29 is 14.4 Å². The van der Waals surface area contributed by atoms with Gasteiger partial charge < -0.3 is 0 Å². The molecule has 0 radical (unpaired) electrons. The summed E-state index contributed by atoms with van der Waals surface area (Å²) in [7, 11) is 0. The van der Waals surface area contributed by atoms with Crippen molar-refractivity contribution in [2.75, 3.05) is 6.54 Å². The standard InChI is InChI=1S/C27H27NO3/c1-17-6-8-20(9-7-17)26-11-18-10-19(12-26)14-27(13-18,16-26)23(29)15-28-24(30)21-4-2-3-5-22(21)25(28)31/h2-9,18-19H,10-16H2,1H3/t18-,19+,26?,27?. The first kappa shape index (κ1) is 19.0. The molecule has 4 bridgehead atoms. The molecule has 4 saturated carbocycles. The largest absolute Gasteiger partial charge is 0.297 e. The maximum Gasteiger partial charge on any atom is 0.261 e. The number of hydrogen-bond acceptors (Lipinski definition) is 3. The molecular formula is C27H27NO3. The Morgan fingerprint density at radius 2 is 1.48 bits per heavy atom. The van der Waals surface area contributed by atoms with Gasteiger partial charge in [-0.05, 0) is 80.4 Å². The highest BCUT2D eigenvalue weighted by Gasteiger charge is 2.61. The summed E-state index contributed by atoms with van der Waals surface area (Å²) in [6.45, 7) is 2.02. The van der Waals surface area contributed by atoms with Crippen LogP contribution in [0.5, 0.6) is 0 Å². The van der Waals surface area contributed by atoms with Crippen LogP contribution in [-0.2, 0) is 10.2 Å². The Morgan fingerprint density at radius 3 is 2.06 bits per heavy atom. The molecule has 4 fully saturated rings. The van der Waals surface area contributed by atoms with Crippen LogP contribution in [-0.4, -0.2) is 29.0 Å². The van der Waals surface area contributed by atoms with Crippen molar-refractivity contribution in [3.05, 3.63) is 70.8 Å². The lowest BCUT2D eigenvalue weighted by atomic mass is 9.42. The normalized spacial score (nSPS) is 33.1. The summed E-state index contributed by atoms with van der Waals surface area (Å²) in [6, 6.07) is 15.8. The smallest absolute Gasteiger partial charge is 0.261 e. The molecule has 1 heterocycles. The molecule has 4 nitrogen and oxygen atoms in total. The van der Waals surface area contributed by atoms with Gasteiger partial charge in [0.05, 0.1) is 17.7 Å². The van der Waals surface area contributed by atoms with Crippen LogP contribution in [0.15, 0.2) is 48.5 Å². The van der Waals surface area contributed by atoms with E-state index in [-0.39, 0.29) is 29.6 Å². The monoisotopic (exact) mass is 413 g/mol. The zero-order valence-electron chi connectivity index (χ0n) is 17.9. The minimum absolute atomic E-state index is 0.0649. The van der Waals surface area contributed by atoms with Crippen molar-refractivity contribution in [2.24, 2.45) is 17.3 Å². The number of hydrogen-bond donors (Lipinski definition) is 0. The molecule has 5 aliphatic rings. The molecule has 158 valence electrons. The van der Waals surface area contributed by atoms with Crippen molar-refractivity contribution in [3.63, 3.8) is 0 Å². The minimum atomic E-state index is -0.399. The Hall–Kier alpha value is -2.75. The molecular weight excluding hydrogens is 386 g/mol. The van der Waals surface area contributed by atoms with Crippen LogP contribution in [0.25, 0.3) is 0 Å². The van der Waals surface area contributed by atoms with Crippen molar-refractivity contribution in [2.45, 2.75) is 50.9 Å². The molecule has 4 aliphatic carbocycles. The number of imide groups is 1. The molecule has 7 rings (SSSR count). The van der Waals surface area contributed by atoms with E-state index in [9.17, 15) is 14.4 Å². The highest BCUT2D eigenvalue weighted by atomic mass is 16.2. The Morgan fingerprint density at radius 1 is 0.903 bits per heavy atom. The van der Waals surface area contributed by atoms with E-state index in [0.29, 0.717) is 23.0 Å². The second-order valence-electron chi connectivity index (χ2n) is 10.6. The van der Waals surface area contributed by atoms with E-state index in [2.05, 4.69) is 31.2 Å². The van der Waals surface area contributed by atoms with Gasteiger partial charge in [-0.15, -0.1) is 0 Å². The molecule has 2 aromatic rings. The zero-order valence-corrected chi connectivity index (χ0v) is 17.9. The molecule has 2 unspecified atom stereocenters. The first-order valence-corrected chi connectivity index (χ1v) is 11.4. The molecule has 31 heavy (non-hydrogen) atoms. The molecule has 1 aliphatic heterocycles. The van der Waals surface area contributed by atoms with Gasteiger partial charge in [-0.3, -0.25) is 19.3 Å². The summed E-state index contributed by atoms with van der Waals surface area (Å²) in [5.41, 5.74) is 3.12. The summed E-state index contributed by atoms with van der Waals surface area (Å²) in [6.07, 6.45) is 6.23. The van der Waals surface area contributed by atoms with Crippen molar-refractivity contribution in [1.29, 1.82) is 0 Å². The fourth-order valence-corrected chi connectivity index (χ4v) is 7.53. The van der Waals surface area contributed by atoms with Gasteiger partial charge in [-0.25, -0.2) is 0 Å². The van der Waals surface area contributed by atoms with E-state index < -0.39 is 5.41 Å². The third kappa shape index (κ3) is 2.70. The van der Waals surface area contributed by atoms with E-state index in [1.807, 2.05) is 0 Å². The number of benzene rings is 2. The molecule has 4 heteroatoms. The van der Waals surface area contributed by atoms with Crippen molar-refractivity contribution in [3.8, 4) is 0 Å². The summed E-state index contributed by atoms with van der Waals surface area (Å²) in [5, 5.41) is 0. The zero-order chi connectivity index (χ0) is 21.4. The van der Waals surface area contributed by atoms with Crippen molar-refractivity contribution in [1.82, 2.24) is 4.90 Å². The molecule has 0 N–H and O–H groups in total. The van der Waals surface area contributed by atoms with Gasteiger partial charge in [-0.1, -0.05) is 42.0 Å². The number of fused-ring (bicyclic) bond motifs is 1. The van der Waals surface area contributed by atoms with Gasteiger partial charge in [0.25, 0.3) is 11.8 Å². The lowest BCUT2D eigenvalue weighted by Gasteiger charge is -2.62. The topological polar surface area (TPSA) is 54.5 Å². The molecule has 0 spiro atoms. The third-order valence-electron chi connectivity index (χ3n) is 8.50. The molecule has 0 aromatic heterocycles. The van der Waals surface area contributed by atoms with Crippen LogP contribution in [0.3, 0.4) is 0 Å². The number of ketones is 1. The van der Waals surface area contributed by atoms with E-state index in [4.69, 9.17) is 0 Å². The maximum atomic E-state index is 13.8. The Kier molecular flexibility index (Phi) is 3.91. The number of carbonyl (C=O) groups excluding carboxylic acids is 3. The number of aryl methyl sites for hydroxylation is 1. The van der Waals surface area contributed by atoms with Crippen molar-refractivity contribution >= 4 is 17.6 Å². The number of amides is 2. The third-order valence-corrected chi connectivity index (χ3v) is 8.50. The van der Waals surface area contributed by atoms with Gasteiger partial charge in [0.1, 0.15) is 0 Å². The number of carbonyl (C=O) groups is 3. The quantitative estimate of drug-likeness (QED) is 0.683.